The Morgan fingerprint density at radius 1 is 0.796 bits per heavy atom. The van der Waals surface area contributed by atoms with Gasteiger partial charge in [0.15, 0.2) is 5.82 Å². The highest BCUT2D eigenvalue weighted by atomic mass is 79.9. The van der Waals surface area contributed by atoms with Crippen molar-refractivity contribution < 1.29 is 75.8 Å². The highest BCUT2D eigenvalue weighted by Gasteiger charge is 2.73. The summed E-state index contributed by atoms with van der Waals surface area (Å²) >= 11 is 2.32. The van der Waals surface area contributed by atoms with E-state index >= 15 is 4.39 Å². The highest BCUT2D eigenvalue weighted by molar-refractivity contribution is 9.10. The molecule has 0 spiro atoms. The molecule has 2 amide bonds. The maximum atomic E-state index is 15.8. The number of benzene rings is 3. The topological polar surface area (TPSA) is 58.6 Å². The van der Waals surface area contributed by atoms with E-state index in [1.165, 1.54) is 5.32 Å². The molecule has 268 valence electrons. The molecule has 0 heterocycles. The van der Waals surface area contributed by atoms with Gasteiger partial charge < -0.3 is 15.0 Å². The fraction of sp³-hybridized carbons (Fsp3) is 0.310. The summed E-state index contributed by atoms with van der Waals surface area (Å²) in [6.07, 6.45) is -24.2. The van der Waals surface area contributed by atoms with Gasteiger partial charge in [0.1, 0.15) is 0 Å². The smallest absolute Gasteiger partial charge is 0.380 e. The number of hydrogen-bond donors (Lipinski definition) is 1. The molecule has 3 aromatic rings. The number of carbonyl (C=O) groups excluding carboxylic acids is 2. The average molecular weight is 789 g/mol. The first-order valence-corrected chi connectivity index (χ1v) is 14.1. The Morgan fingerprint density at radius 2 is 1.37 bits per heavy atom. The van der Waals surface area contributed by atoms with E-state index < -0.39 is 98.7 Å². The lowest BCUT2D eigenvalue weighted by atomic mass is 9.92. The van der Waals surface area contributed by atoms with E-state index in [2.05, 4.69) is 15.9 Å². The van der Waals surface area contributed by atoms with Crippen LogP contribution in [0.25, 0.3) is 0 Å². The molecule has 0 fully saturated rings. The Morgan fingerprint density at radius 3 is 1.86 bits per heavy atom. The first kappa shape index (κ1) is 39.5. The second-order valence-electron chi connectivity index (χ2n) is 9.85. The number of hydrogen-bond acceptors (Lipinski definition) is 3. The molecule has 0 radical (unpaired) electrons. The van der Waals surface area contributed by atoms with E-state index in [4.69, 9.17) is 4.74 Å². The van der Waals surface area contributed by atoms with E-state index in [0.29, 0.717) is 23.1 Å². The summed E-state index contributed by atoms with van der Waals surface area (Å²) < 4.78 is 195. The fourth-order valence-electron chi connectivity index (χ4n) is 4.32. The number of ether oxygens (including phenoxy) is 1. The van der Waals surface area contributed by atoms with Crippen LogP contribution in [0, 0.1) is 5.82 Å². The number of rotatable bonds is 9. The van der Waals surface area contributed by atoms with Gasteiger partial charge in [0, 0.05) is 28.8 Å². The van der Waals surface area contributed by atoms with Gasteiger partial charge in [-0.05, 0) is 71.4 Å². The van der Waals surface area contributed by atoms with Gasteiger partial charge in [0.2, 0.25) is 0 Å². The van der Waals surface area contributed by atoms with Crippen molar-refractivity contribution in [3.8, 4) is 0 Å². The summed E-state index contributed by atoms with van der Waals surface area (Å²) in [6, 6.07) is 4.11. The van der Waals surface area contributed by atoms with Gasteiger partial charge in [-0.15, -0.1) is 0 Å². The van der Waals surface area contributed by atoms with Gasteiger partial charge >= 0.3 is 30.4 Å². The summed E-state index contributed by atoms with van der Waals surface area (Å²) in [5.41, 5.74) is -16.1. The van der Waals surface area contributed by atoms with E-state index in [-0.39, 0.29) is 24.8 Å². The largest absolute Gasteiger partial charge is 0.435 e. The quantitative estimate of drug-likeness (QED) is 0.174. The molecule has 3 rings (SSSR count). The van der Waals surface area contributed by atoms with Gasteiger partial charge in [-0.3, -0.25) is 9.59 Å². The molecular formula is C29H19BrF14N2O3. The first-order valence-electron chi connectivity index (χ1n) is 13.3. The van der Waals surface area contributed by atoms with Crippen molar-refractivity contribution in [1.82, 2.24) is 0 Å². The molecule has 20 heteroatoms. The molecule has 3 aromatic carbocycles. The van der Waals surface area contributed by atoms with Crippen LogP contribution in [0.1, 0.15) is 44.3 Å². The molecule has 1 N–H and O–H groups in total. The molecule has 0 atom stereocenters. The molecular weight excluding hydrogens is 770 g/mol. The third-order valence-electron chi connectivity index (χ3n) is 6.69. The maximum absolute atomic E-state index is 15.8. The van der Waals surface area contributed by atoms with Crippen molar-refractivity contribution in [1.29, 1.82) is 0 Å². The van der Waals surface area contributed by atoms with Crippen LogP contribution >= 0.6 is 15.9 Å². The van der Waals surface area contributed by atoms with Gasteiger partial charge in [0.05, 0.1) is 34.7 Å². The first-order chi connectivity index (χ1) is 22.4. The van der Waals surface area contributed by atoms with Crippen LogP contribution < -0.4 is 10.2 Å². The minimum Gasteiger partial charge on any atom is -0.380 e. The summed E-state index contributed by atoms with van der Waals surface area (Å²) in [5.74, 6) is -4.45. The number of amides is 2. The zero-order valence-corrected chi connectivity index (χ0v) is 25.7. The SMILES string of the molecule is CCOCCN(C(=O)c1ccc(C(F)(F)F)cc1)c1cccc(C(=O)Nc2c(Br)cc(C(F)(C(F)(F)F)C(F)(F)F)cc2C(F)(F)F)c1F. The van der Waals surface area contributed by atoms with Crippen LogP contribution in [0.5, 0.6) is 0 Å². The van der Waals surface area contributed by atoms with E-state index in [1.807, 2.05) is 0 Å². The zero-order chi connectivity index (χ0) is 37.3. The van der Waals surface area contributed by atoms with Crippen molar-refractivity contribution in [2.75, 3.05) is 30.0 Å². The Hall–Kier alpha value is -3.94. The number of nitrogens with zero attached hydrogens (tertiary/aromatic N) is 1. The zero-order valence-electron chi connectivity index (χ0n) is 24.2. The molecule has 0 bridgehead atoms. The van der Waals surface area contributed by atoms with Crippen LogP contribution in [0.4, 0.5) is 72.8 Å². The van der Waals surface area contributed by atoms with Gasteiger partial charge in [0.25, 0.3) is 11.8 Å². The van der Waals surface area contributed by atoms with Crippen molar-refractivity contribution in [2.45, 2.75) is 37.3 Å². The fourth-order valence-corrected chi connectivity index (χ4v) is 4.88. The summed E-state index contributed by atoms with van der Waals surface area (Å²) in [4.78, 5) is 27.0. The number of carbonyl (C=O) groups is 2. The second-order valence-corrected chi connectivity index (χ2v) is 10.7. The van der Waals surface area contributed by atoms with Gasteiger partial charge in [-0.2, -0.15) is 52.7 Å². The number of halogens is 15. The Kier molecular flexibility index (Phi) is 11.4. The predicted molar refractivity (Wildman–Crippen MR) is 148 cm³/mol. The van der Waals surface area contributed by atoms with Crippen molar-refractivity contribution >= 4 is 39.1 Å². The lowest BCUT2D eigenvalue weighted by molar-refractivity contribution is -0.348. The molecule has 0 aliphatic carbocycles. The van der Waals surface area contributed by atoms with E-state index in [0.717, 1.165) is 24.3 Å². The normalized spacial score (nSPS) is 13.0. The van der Waals surface area contributed by atoms with Crippen LogP contribution in [-0.4, -0.2) is 43.9 Å². The van der Waals surface area contributed by atoms with Crippen LogP contribution in [0.15, 0.2) is 59.1 Å². The van der Waals surface area contributed by atoms with Gasteiger partial charge in [-0.1, -0.05) is 6.07 Å². The molecule has 0 saturated heterocycles. The summed E-state index contributed by atoms with van der Waals surface area (Å²) in [6.45, 7) is 0.897. The monoisotopic (exact) mass is 788 g/mol. The molecule has 0 aliphatic heterocycles. The number of alkyl halides is 13. The molecule has 0 saturated carbocycles. The maximum Gasteiger partial charge on any atom is 0.435 e. The minimum atomic E-state index is -6.78. The molecule has 0 aromatic heterocycles. The molecule has 5 nitrogen and oxygen atoms in total. The van der Waals surface area contributed by atoms with E-state index in [1.54, 1.807) is 6.92 Å². The number of nitrogens with one attached hydrogen (secondary N) is 1. The third-order valence-corrected chi connectivity index (χ3v) is 7.32. The molecule has 0 aliphatic rings. The number of anilines is 2. The highest BCUT2D eigenvalue weighted by Crippen LogP contribution is 2.55. The summed E-state index contributed by atoms with van der Waals surface area (Å²) in [7, 11) is 0. The summed E-state index contributed by atoms with van der Waals surface area (Å²) in [5, 5.41) is 1.53. The van der Waals surface area contributed by atoms with E-state index in [9.17, 15) is 66.7 Å². The lowest BCUT2D eigenvalue weighted by Gasteiger charge is -2.31. The standard InChI is InChI=1S/C29H19BrF14N2O3/c1-2-49-11-10-46(24(48)14-6-8-15(9-7-14)26(33,34)35)20-5-3-4-17(21(20)31)23(47)45-22-18(27(36,37)38)12-16(13-19(22)30)25(32,28(39,40)41)29(42,43)44/h3-9,12-13H,2,10-11H2,1H3,(H,45,47). The van der Waals surface area contributed by atoms with Gasteiger partial charge in [-0.25, -0.2) is 8.78 Å². The minimum absolute atomic E-state index is 0.0952. The average Bonchev–Trinajstić information content (AvgIpc) is 2.97. The molecule has 0 unspecified atom stereocenters. The van der Waals surface area contributed by atoms with Crippen LogP contribution in [0.2, 0.25) is 0 Å². The molecule has 49 heavy (non-hydrogen) atoms. The van der Waals surface area contributed by atoms with Crippen LogP contribution in [0.3, 0.4) is 0 Å². The second kappa shape index (κ2) is 14.1. The Balaban J connectivity index is 2.10. The third kappa shape index (κ3) is 8.27. The van der Waals surface area contributed by atoms with Crippen LogP contribution in [-0.2, 0) is 22.8 Å². The lowest BCUT2D eigenvalue weighted by Crippen LogP contribution is -2.50. The van der Waals surface area contributed by atoms with Crippen molar-refractivity contribution in [2.24, 2.45) is 0 Å². The van der Waals surface area contributed by atoms with Crippen molar-refractivity contribution in [3.05, 3.63) is 92.7 Å². The predicted octanol–water partition coefficient (Wildman–Crippen LogP) is 9.85. The Bertz CT molecular complexity index is 1670. The Labute approximate surface area is 274 Å². The van der Waals surface area contributed by atoms with Crippen molar-refractivity contribution in [3.63, 3.8) is 0 Å².